The number of aromatic carboxylic acids is 1. The highest BCUT2D eigenvalue weighted by atomic mass is 32.1. The first-order valence-corrected chi connectivity index (χ1v) is 15.2. The van der Waals surface area contributed by atoms with E-state index in [0.717, 1.165) is 74.1 Å². The average Bonchev–Trinajstić information content (AvgIpc) is 3.32. The van der Waals surface area contributed by atoms with E-state index in [1.54, 1.807) is 6.20 Å². The lowest BCUT2D eigenvalue weighted by atomic mass is 9.81. The van der Waals surface area contributed by atoms with Crippen molar-refractivity contribution in [3.8, 4) is 5.75 Å². The number of pyridine rings is 1. The maximum atomic E-state index is 14.1. The van der Waals surface area contributed by atoms with Crippen LogP contribution < -0.4 is 9.64 Å². The van der Waals surface area contributed by atoms with Crippen LogP contribution in [0.4, 0.5) is 5.69 Å². The van der Waals surface area contributed by atoms with E-state index in [1.165, 1.54) is 11.3 Å². The van der Waals surface area contributed by atoms with Gasteiger partial charge in [-0.25, -0.2) is 4.79 Å². The van der Waals surface area contributed by atoms with E-state index in [1.807, 2.05) is 31.3 Å². The number of carbonyl (C=O) groups excluding carboxylic acids is 1. The van der Waals surface area contributed by atoms with E-state index in [4.69, 9.17) is 4.74 Å². The van der Waals surface area contributed by atoms with Crippen LogP contribution >= 0.6 is 11.3 Å². The summed E-state index contributed by atoms with van der Waals surface area (Å²) in [6, 6.07) is 4.00. The molecule has 0 aliphatic heterocycles. The summed E-state index contributed by atoms with van der Waals surface area (Å²) < 4.78 is 6.33. The Morgan fingerprint density at radius 2 is 1.69 bits per heavy atom. The van der Waals surface area contributed by atoms with Crippen molar-refractivity contribution in [1.82, 2.24) is 9.88 Å². The van der Waals surface area contributed by atoms with Crippen molar-refractivity contribution in [2.24, 2.45) is 11.8 Å². The molecule has 4 rings (SSSR count). The molecule has 0 saturated heterocycles. The Hall–Kier alpha value is -2.45. The molecule has 1 N–H and O–H groups in total. The molecule has 2 aliphatic carbocycles. The largest absolute Gasteiger partial charge is 0.489 e. The SMILES string of the molecule is CC1CCC(C(=O)N(c2cc(C(C)(C)C)sc2C(=O)O)C2CCC(Oc3cncc(CN(C)C)c3)CC2)CC1. The summed E-state index contributed by atoms with van der Waals surface area (Å²) in [4.78, 5) is 36.1. The molecule has 2 saturated carbocycles. The van der Waals surface area contributed by atoms with E-state index in [2.05, 4.69) is 43.6 Å². The number of nitrogens with zero attached hydrogens (tertiary/aromatic N) is 3. The predicted molar refractivity (Wildman–Crippen MR) is 157 cm³/mol. The second-order valence-corrected chi connectivity index (χ2v) is 13.9. The molecule has 0 aromatic carbocycles. The van der Waals surface area contributed by atoms with Crippen LogP contribution in [-0.2, 0) is 16.8 Å². The second-order valence-electron chi connectivity index (χ2n) is 12.9. The van der Waals surface area contributed by atoms with Crippen LogP contribution in [0.15, 0.2) is 24.5 Å². The van der Waals surface area contributed by atoms with Crippen molar-refractivity contribution in [3.05, 3.63) is 39.8 Å². The van der Waals surface area contributed by atoms with Crippen LogP contribution in [-0.4, -0.2) is 53.1 Å². The molecule has 2 aliphatic rings. The zero-order chi connectivity index (χ0) is 28.3. The van der Waals surface area contributed by atoms with Crippen molar-refractivity contribution in [2.75, 3.05) is 19.0 Å². The fourth-order valence-electron chi connectivity index (χ4n) is 5.88. The van der Waals surface area contributed by atoms with E-state index < -0.39 is 5.97 Å². The monoisotopic (exact) mass is 555 g/mol. The number of anilines is 1. The Morgan fingerprint density at radius 3 is 2.28 bits per heavy atom. The molecule has 2 aromatic heterocycles. The first-order valence-electron chi connectivity index (χ1n) is 14.4. The van der Waals surface area contributed by atoms with Gasteiger partial charge < -0.3 is 19.6 Å². The first-order chi connectivity index (χ1) is 18.4. The van der Waals surface area contributed by atoms with E-state index >= 15 is 0 Å². The molecule has 214 valence electrons. The van der Waals surface area contributed by atoms with E-state index in [9.17, 15) is 14.7 Å². The van der Waals surface area contributed by atoms with E-state index in [-0.39, 0.29) is 34.3 Å². The maximum absolute atomic E-state index is 14.1. The van der Waals surface area contributed by atoms with Crippen LogP contribution in [0.1, 0.15) is 99.2 Å². The minimum atomic E-state index is -0.956. The summed E-state index contributed by atoms with van der Waals surface area (Å²) >= 11 is 1.31. The lowest BCUT2D eigenvalue weighted by Crippen LogP contribution is -2.47. The standard InChI is InChI=1S/C31H45N3O4S/c1-20-7-9-22(10-8-20)29(35)34(26-16-27(31(2,3)4)39-28(26)30(36)37)23-11-13-24(14-12-23)38-25-15-21(17-32-18-25)19-33(5)6/h15-18,20,22-24H,7-14,19H2,1-6H3,(H,36,37). The van der Waals surface area contributed by atoms with Crippen LogP contribution in [0.5, 0.6) is 5.75 Å². The fourth-order valence-corrected chi connectivity index (χ4v) is 6.92. The Morgan fingerprint density at radius 1 is 1.03 bits per heavy atom. The molecule has 2 fully saturated rings. The summed E-state index contributed by atoms with van der Waals surface area (Å²) in [5.41, 5.74) is 1.51. The summed E-state index contributed by atoms with van der Waals surface area (Å²) in [6.45, 7) is 9.33. The van der Waals surface area contributed by atoms with Gasteiger partial charge in [0.25, 0.3) is 0 Å². The Labute approximate surface area is 237 Å². The van der Waals surface area contributed by atoms with Gasteiger partial charge in [-0.15, -0.1) is 11.3 Å². The number of hydrogen-bond donors (Lipinski definition) is 1. The van der Waals surface area contributed by atoms with Crippen LogP contribution in [0.3, 0.4) is 0 Å². The summed E-state index contributed by atoms with van der Waals surface area (Å²) in [5.74, 6) is 0.530. The van der Waals surface area contributed by atoms with Crippen molar-refractivity contribution in [3.63, 3.8) is 0 Å². The zero-order valence-electron chi connectivity index (χ0n) is 24.4. The Kier molecular flexibility index (Phi) is 9.37. The van der Waals surface area contributed by atoms with Gasteiger partial charge in [0, 0.05) is 29.6 Å². The average molecular weight is 556 g/mol. The number of carboxylic acid groups (broad SMARTS) is 1. The number of thiophene rings is 1. The number of rotatable bonds is 8. The molecule has 0 radical (unpaired) electrons. The number of amides is 1. The third-order valence-electron chi connectivity index (χ3n) is 8.09. The van der Waals surface area contributed by atoms with Gasteiger partial charge in [-0.1, -0.05) is 27.7 Å². The lowest BCUT2D eigenvalue weighted by Gasteiger charge is -2.39. The number of carbonyl (C=O) groups is 2. The smallest absolute Gasteiger partial charge is 0.348 e. The molecular formula is C31H45N3O4S. The van der Waals surface area contributed by atoms with Crippen LogP contribution in [0, 0.1) is 11.8 Å². The highest BCUT2D eigenvalue weighted by Gasteiger charge is 2.38. The normalized spacial score (nSPS) is 24.0. The zero-order valence-corrected chi connectivity index (χ0v) is 25.2. The molecule has 39 heavy (non-hydrogen) atoms. The summed E-state index contributed by atoms with van der Waals surface area (Å²) in [7, 11) is 4.06. The number of ether oxygens (including phenoxy) is 1. The van der Waals surface area contributed by atoms with Crippen molar-refractivity contribution in [2.45, 2.75) is 103 Å². The molecule has 2 aromatic rings. The first kappa shape index (κ1) is 29.5. The molecule has 8 heteroatoms. The second kappa shape index (κ2) is 12.4. The highest BCUT2D eigenvalue weighted by molar-refractivity contribution is 7.14. The lowest BCUT2D eigenvalue weighted by molar-refractivity contribution is -0.124. The molecular weight excluding hydrogens is 510 g/mol. The van der Waals surface area contributed by atoms with Gasteiger partial charge in [0.2, 0.25) is 5.91 Å². The van der Waals surface area contributed by atoms with Gasteiger partial charge >= 0.3 is 5.97 Å². The van der Waals surface area contributed by atoms with Gasteiger partial charge in [0.1, 0.15) is 10.6 Å². The predicted octanol–water partition coefficient (Wildman–Crippen LogP) is 6.75. The van der Waals surface area contributed by atoms with Crippen molar-refractivity contribution < 1.29 is 19.4 Å². The molecule has 0 bridgehead atoms. The highest BCUT2D eigenvalue weighted by Crippen LogP contribution is 2.42. The maximum Gasteiger partial charge on any atom is 0.348 e. The minimum absolute atomic E-state index is 0.0320. The number of carboxylic acids is 1. The number of hydrogen-bond acceptors (Lipinski definition) is 6. The van der Waals surface area contributed by atoms with E-state index in [0.29, 0.717) is 11.6 Å². The van der Waals surface area contributed by atoms with Gasteiger partial charge in [0.05, 0.1) is 18.0 Å². The van der Waals surface area contributed by atoms with Crippen LogP contribution in [0.25, 0.3) is 0 Å². The van der Waals surface area contributed by atoms with Gasteiger partial charge in [-0.05, 0) is 94.5 Å². The molecule has 0 unspecified atom stereocenters. The Balaban J connectivity index is 1.55. The molecule has 1 amide bonds. The van der Waals surface area contributed by atoms with Gasteiger partial charge in [-0.2, -0.15) is 0 Å². The van der Waals surface area contributed by atoms with Gasteiger partial charge in [0.15, 0.2) is 0 Å². The molecule has 7 nitrogen and oxygen atoms in total. The van der Waals surface area contributed by atoms with Crippen molar-refractivity contribution in [1.29, 1.82) is 0 Å². The molecule has 0 atom stereocenters. The quantitative estimate of drug-likeness (QED) is 0.388. The van der Waals surface area contributed by atoms with Gasteiger partial charge in [-0.3, -0.25) is 9.78 Å². The van der Waals surface area contributed by atoms with Crippen molar-refractivity contribution >= 4 is 28.9 Å². The summed E-state index contributed by atoms with van der Waals surface area (Å²) in [5, 5.41) is 10.1. The van der Waals surface area contributed by atoms with Crippen LogP contribution in [0.2, 0.25) is 0 Å². The minimum Gasteiger partial charge on any atom is -0.489 e. The Bertz CT molecular complexity index is 1140. The third kappa shape index (κ3) is 7.40. The molecule has 0 spiro atoms. The summed E-state index contributed by atoms with van der Waals surface area (Å²) in [6.07, 6.45) is 10.7. The number of aromatic nitrogens is 1. The third-order valence-corrected chi connectivity index (χ3v) is 9.63. The topological polar surface area (TPSA) is 83.0 Å². The fraction of sp³-hybridized carbons (Fsp3) is 0.645. The molecule has 2 heterocycles.